The highest BCUT2D eigenvalue weighted by Gasteiger charge is 2.15. The van der Waals surface area contributed by atoms with Gasteiger partial charge in [0.15, 0.2) is 5.43 Å². The molecular formula is C19H14BrN3O2. The molecule has 0 aliphatic rings. The van der Waals surface area contributed by atoms with Crippen LogP contribution in [0, 0.1) is 25.2 Å². The van der Waals surface area contributed by atoms with Crippen LogP contribution in [0.1, 0.15) is 17.0 Å². The lowest BCUT2D eigenvalue weighted by atomic mass is 10.0. The number of halogens is 1. The van der Waals surface area contributed by atoms with E-state index < -0.39 is 0 Å². The number of H-pyrrole nitrogens is 2. The first-order valence-electron chi connectivity index (χ1n) is 7.55. The van der Waals surface area contributed by atoms with Gasteiger partial charge in [0.25, 0.3) is 0 Å². The first-order valence-corrected chi connectivity index (χ1v) is 8.34. The molecule has 0 unspecified atom stereocenters. The van der Waals surface area contributed by atoms with Crippen molar-refractivity contribution in [3.8, 4) is 28.5 Å². The fraction of sp³-hybridized carbons (Fsp3) is 0.105. The highest BCUT2D eigenvalue weighted by Crippen LogP contribution is 2.21. The number of aromatic amines is 2. The predicted molar refractivity (Wildman–Crippen MR) is 100 cm³/mol. The van der Waals surface area contributed by atoms with E-state index in [1.165, 1.54) is 6.07 Å². The molecule has 2 heterocycles. The van der Waals surface area contributed by atoms with Gasteiger partial charge in [-0.1, -0.05) is 12.1 Å². The summed E-state index contributed by atoms with van der Waals surface area (Å²) in [4.78, 5) is 31.3. The van der Waals surface area contributed by atoms with Crippen molar-refractivity contribution in [2.45, 2.75) is 13.8 Å². The maximum atomic E-state index is 12.6. The van der Waals surface area contributed by atoms with Gasteiger partial charge in [-0.3, -0.25) is 9.59 Å². The molecule has 0 fully saturated rings. The van der Waals surface area contributed by atoms with Crippen molar-refractivity contribution in [3.05, 3.63) is 78.4 Å². The van der Waals surface area contributed by atoms with Crippen molar-refractivity contribution in [1.82, 2.24) is 9.97 Å². The molecule has 5 nitrogen and oxygen atoms in total. The zero-order valence-corrected chi connectivity index (χ0v) is 15.2. The Morgan fingerprint density at radius 2 is 1.76 bits per heavy atom. The van der Waals surface area contributed by atoms with E-state index in [9.17, 15) is 9.59 Å². The average Bonchev–Trinajstić information content (AvgIpc) is 2.61. The van der Waals surface area contributed by atoms with Crippen molar-refractivity contribution in [3.63, 3.8) is 0 Å². The highest BCUT2D eigenvalue weighted by atomic mass is 79.9. The van der Waals surface area contributed by atoms with Crippen molar-refractivity contribution in [1.29, 1.82) is 5.26 Å². The summed E-state index contributed by atoms with van der Waals surface area (Å²) in [7, 11) is 0. The van der Waals surface area contributed by atoms with Crippen LogP contribution in [0.5, 0.6) is 0 Å². The van der Waals surface area contributed by atoms with E-state index in [0.29, 0.717) is 32.6 Å². The minimum Gasteiger partial charge on any atom is -0.361 e. The molecule has 0 saturated carbocycles. The van der Waals surface area contributed by atoms with E-state index in [4.69, 9.17) is 5.26 Å². The lowest BCUT2D eigenvalue weighted by Crippen LogP contribution is -2.17. The Bertz CT molecular complexity index is 1120. The van der Waals surface area contributed by atoms with Gasteiger partial charge in [0.1, 0.15) is 0 Å². The molecule has 2 aromatic heterocycles. The predicted octanol–water partition coefficient (Wildman–Crippen LogP) is 3.65. The fourth-order valence-corrected chi connectivity index (χ4v) is 3.03. The summed E-state index contributed by atoms with van der Waals surface area (Å²) in [6.45, 7) is 3.56. The smallest absolute Gasteiger partial charge is 0.204 e. The van der Waals surface area contributed by atoms with Crippen LogP contribution in [0.25, 0.3) is 22.4 Å². The molecule has 2 N–H and O–H groups in total. The van der Waals surface area contributed by atoms with Gasteiger partial charge < -0.3 is 9.97 Å². The highest BCUT2D eigenvalue weighted by molar-refractivity contribution is 9.10. The van der Waals surface area contributed by atoms with Crippen molar-refractivity contribution in [2.75, 3.05) is 0 Å². The number of nitrogens with one attached hydrogen (secondary N) is 2. The van der Waals surface area contributed by atoms with E-state index >= 15 is 0 Å². The average molecular weight is 396 g/mol. The first kappa shape index (κ1) is 16.9. The standard InChI is InChI=1S/C19H14BrN3O2/c1-10-17(19(25)18(20)11(2)23-10)14-9-22-15(7-16(14)24)13-5-3-12(8-21)4-6-13/h3-7,9H,1-2H3,(H,22,24)(H,23,25). The molecular weight excluding hydrogens is 382 g/mol. The summed E-state index contributed by atoms with van der Waals surface area (Å²) in [5.74, 6) is 0. The van der Waals surface area contributed by atoms with Crippen LogP contribution in [0.4, 0.5) is 0 Å². The third-order valence-electron chi connectivity index (χ3n) is 4.01. The minimum atomic E-state index is -0.248. The van der Waals surface area contributed by atoms with Gasteiger partial charge in [-0.15, -0.1) is 0 Å². The van der Waals surface area contributed by atoms with Crippen molar-refractivity contribution >= 4 is 15.9 Å². The Labute approximate surface area is 152 Å². The minimum absolute atomic E-state index is 0.217. The van der Waals surface area contributed by atoms with Crippen LogP contribution in [0.15, 0.2) is 50.6 Å². The molecule has 0 amide bonds. The second kappa shape index (κ2) is 6.54. The summed E-state index contributed by atoms with van der Waals surface area (Å²) >= 11 is 3.27. The number of benzene rings is 1. The van der Waals surface area contributed by atoms with Gasteiger partial charge in [-0.2, -0.15) is 5.26 Å². The van der Waals surface area contributed by atoms with E-state index in [1.54, 1.807) is 44.3 Å². The molecule has 0 aliphatic heterocycles. The molecule has 1 aromatic carbocycles. The lowest BCUT2D eigenvalue weighted by Gasteiger charge is -2.09. The van der Waals surface area contributed by atoms with Crippen LogP contribution in [-0.4, -0.2) is 9.97 Å². The number of nitriles is 1. The zero-order chi connectivity index (χ0) is 18.1. The van der Waals surface area contributed by atoms with E-state index in [1.807, 2.05) is 0 Å². The Hall–Kier alpha value is -2.91. The summed E-state index contributed by atoms with van der Waals surface area (Å²) in [6.07, 6.45) is 1.55. The largest absolute Gasteiger partial charge is 0.361 e. The van der Waals surface area contributed by atoms with Crippen LogP contribution in [0.3, 0.4) is 0 Å². The molecule has 124 valence electrons. The van der Waals surface area contributed by atoms with Crippen molar-refractivity contribution in [2.24, 2.45) is 0 Å². The number of hydrogen-bond acceptors (Lipinski definition) is 3. The van der Waals surface area contributed by atoms with E-state index in [-0.39, 0.29) is 10.9 Å². The molecule has 0 aliphatic carbocycles. The van der Waals surface area contributed by atoms with E-state index in [0.717, 1.165) is 11.3 Å². The zero-order valence-electron chi connectivity index (χ0n) is 13.6. The van der Waals surface area contributed by atoms with Gasteiger partial charge >= 0.3 is 0 Å². The molecule has 3 aromatic rings. The van der Waals surface area contributed by atoms with Crippen LogP contribution in [0.2, 0.25) is 0 Å². The Morgan fingerprint density at radius 3 is 2.36 bits per heavy atom. The van der Waals surface area contributed by atoms with Gasteiger partial charge in [0.05, 0.1) is 27.2 Å². The number of hydrogen-bond donors (Lipinski definition) is 2. The SMILES string of the molecule is Cc1[nH]c(C)c(-c2c[nH]c(-c3ccc(C#N)cc3)cc2=O)c(=O)c1Br. The molecule has 0 atom stereocenters. The molecule has 0 saturated heterocycles. The number of rotatable bonds is 2. The second-order valence-electron chi connectivity index (χ2n) is 5.71. The first-order chi connectivity index (χ1) is 11.9. The number of pyridine rings is 2. The summed E-state index contributed by atoms with van der Waals surface area (Å²) in [5, 5.41) is 8.86. The van der Waals surface area contributed by atoms with E-state index in [2.05, 4.69) is 32.0 Å². The second-order valence-corrected chi connectivity index (χ2v) is 6.50. The number of nitrogens with zero attached hydrogens (tertiary/aromatic N) is 1. The molecule has 25 heavy (non-hydrogen) atoms. The molecule has 0 spiro atoms. The van der Waals surface area contributed by atoms with Gasteiger partial charge in [0.2, 0.25) is 5.43 Å². The molecule has 3 rings (SSSR count). The van der Waals surface area contributed by atoms with Gasteiger partial charge in [-0.05, 0) is 47.5 Å². The maximum Gasteiger partial charge on any atom is 0.204 e. The van der Waals surface area contributed by atoms with Crippen LogP contribution < -0.4 is 10.9 Å². The Balaban J connectivity index is 2.13. The van der Waals surface area contributed by atoms with Crippen LogP contribution in [-0.2, 0) is 0 Å². The molecule has 0 radical (unpaired) electrons. The monoisotopic (exact) mass is 395 g/mol. The number of aryl methyl sites for hydroxylation is 2. The third kappa shape index (κ3) is 3.06. The Morgan fingerprint density at radius 1 is 1.08 bits per heavy atom. The van der Waals surface area contributed by atoms with Crippen molar-refractivity contribution < 1.29 is 0 Å². The van der Waals surface area contributed by atoms with Crippen LogP contribution >= 0.6 is 15.9 Å². The summed E-state index contributed by atoms with van der Waals surface area (Å²) < 4.78 is 0.420. The lowest BCUT2D eigenvalue weighted by molar-refractivity contribution is 1.09. The molecule has 0 bridgehead atoms. The fourth-order valence-electron chi connectivity index (χ4n) is 2.73. The maximum absolute atomic E-state index is 12.6. The summed E-state index contributed by atoms with van der Waals surface area (Å²) in [5.41, 5.74) is 3.53. The van der Waals surface area contributed by atoms with Gasteiger partial charge in [-0.25, -0.2) is 0 Å². The summed E-state index contributed by atoms with van der Waals surface area (Å²) in [6, 6.07) is 10.4. The number of aromatic nitrogens is 2. The quantitative estimate of drug-likeness (QED) is 0.693. The normalized spacial score (nSPS) is 10.5. The molecule has 6 heteroatoms. The Kier molecular flexibility index (Phi) is 4.43. The van der Waals surface area contributed by atoms with Gasteiger partial charge in [0, 0.05) is 29.3 Å². The third-order valence-corrected chi connectivity index (χ3v) is 4.97. The topological polar surface area (TPSA) is 89.5 Å².